The van der Waals surface area contributed by atoms with Crippen LogP contribution in [0, 0.1) is 5.92 Å². The zero-order valence-corrected chi connectivity index (χ0v) is 16.4. The van der Waals surface area contributed by atoms with Gasteiger partial charge in [-0.25, -0.2) is 0 Å². The average Bonchev–Trinajstić information content (AvgIpc) is 2.52. The third kappa shape index (κ3) is 5.55. The van der Waals surface area contributed by atoms with Crippen molar-refractivity contribution in [2.24, 2.45) is 11.7 Å². The normalized spacial score (nSPS) is 12.2. The van der Waals surface area contributed by atoms with Gasteiger partial charge in [-0.2, -0.15) is 0 Å². The molecule has 0 spiro atoms. The summed E-state index contributed by atoms with van der Waals surface area (Å²) < 4.78 is 9.96. The smallest absolute Gasteiger partial charge is 0.323 e. The predicted molar refractivity (Wildman–Crippen MR) is 95.5 cm³/mol. The van der Waals surface area contributed by atoms with Crippen molar-refractivity contribution in [3.8, 4) is 5.75 Å². The lowest BCUT2D eigenvalue weighted by atomic mass is 10.2. The highest BCUT2D eigenvalue weighted by molar-refractivity contribution is 6.55. The van der Waals surface area contributed by atoms with Crippen molar-refractivity contribution in [1.82, 2.24) is 0 Å². The Bertz CT molecular complexity index is 622. The van der Waals surface area contributed by atoms with E-state index in [0.29, 0.717) is 0 Å². The quantitative estimate of drug-likeness (QED) is 0.300. The van der Waals surface area contributed by atoms with E-state index in [1.54, 1.807) is 0 Å². The van der Waals surface area contributed by atoms with Crippen LogP contribution in [-0.2, 0) is 14.3 Å². The molecule has 0 saturated heterocycles. The predicted octanol–water partition coefficient (Wildman–Crippen LogP) is 4.78. The average molecular weight is 438 g/mol. The topological polar surface area (TPSA) is 78.6 Å². The summed E-state index contributed by atoms with van der Waals surface area (Å²) in [5, 5.41) is -0.657. The molecular formula is C14H14Cl5NO4. The molecular weight excluding hydrogens is 423 g/mol. The number of benzene rings is 1. The fourth-order valence-electron chi connectivity index (χ4n) is 1.45. The molecule has 1 atom stereocenters. The van der Waals surface area contributed by atoms with Gasteiger partial charge in [-0.05, 0) is 5.92 Å². The molecule has 0 amide bonds. The molecule has 1 rings (SSSR count). The summed E-state index contributed by atoms with van der Waals surface area (Å²) in [5.74, 6) is -1.69. The van der Waals surface area contributed by atoms with Crippen molar-refractivity contribution in [3.05, 3.63) is 25.1 Å². The molecule has 0 radical (unpaired) electrons. The number of hydrogen-bond acceptors (Lipinski definition) is 5. The highest BCUT2D eigenvalue weighted by Gasteiger charge is 2.25. The second-order valence-electron chi connectivity index (χ2n) is 5.21. The Balaban J connectivity index is 2.81. The standard InChI is InChI=1S/C14H14Cl5NO4/c1-5(2)4-23-14(22)6(20)3-7(21)24-13-11(18)9(16)8(15)10(17)12(13)19/h5-6H,3-4,20H2,1-2H3/t6-/m0/s1. The molecule has 134 valence electrons. The van der Waals surface area contributed by atoms with Crippen molar-refractivity contribution in [2.45, 2.75) is 26.3 Å². The Morgan fingerprint density at radius 1 is 0.958 bits per heavy atom. The van der Waals surface area contributed by atoms with Crippen LogP contribution in [0.1, 0.15) is 20.3 Å². The Morgan fingerprint density at radius 3 is 1.88 bits per heavy atom. The summed E-state index contributed by atoms with van der Waals surface area (Å²) in [6.45, 7) is 3.93. The maximum absolute atomic E-state index is 11.9. The number of hydrogen-bond donors (Lipinski definition) is 1. The lowest BCUT2D eigenvalue weighted by Gasteiger charge is -2.14. The van der Waals surface area contributed by atoms with Crippen LogP contribution in [-0.4, -0.2) is 24.6 Å². The second-order valence-corrected chi connectivity index (χ2v) is 7.10. The minimum Gasteiger partial charge on any atom is -0.464 e. The number of carbonyl (C=O) groups excluding carboxylic acids is 2. The first-order valence-electron chi connectivity index (χ1n) is 6.70. The first kappa shape index (κ1) is 21.6. The molecule has 0 aromatic heterocycles. The molecule has 0 unspecified atom stereocenters. The molecule has 0 saturated carbocycles. The summed E-state index contributed by atoms with van der Waals surface area (Å²) in [6, 6.07) is -1.19. The van der Waals surface area contributed by atoms with E-state index in [1.807, 2.05) is 13.8 Å². The first-order chi connectivity index (χ1) is 11.1. The maximum Gasteiger partial charge on any atom is 0.323 e. The van der Waals surface area contributed by atoms with Gasteiger partial charge in [0, 0.05) is 0 Å². The highest BCUT2D eigenvalue weighted by Crippen LogP contribution is 2.48. The van der Waals surface area contributed by atoms with Crippen molar-refractivity contribution < 1.29 is 19.1 Å². The van der Waals surface area contributed by atoms with Gasteiger partial charge < -0.3 is 15.2 Å². The van der Waals surface area contributed by atoms with Gasteiger partial charge in [0.2, 0.25) is 0 Å². The van der Waals surface area contributed by atoms with Crippen molar-refractivity contribution in [3.63, 3.8) is 0 Å². The Kier molecular flexibility index (Phi) is 8.39. The minimum atomic E-state index is -1.19. The third-order valence-electron chi connectivity index (χ3n) is 2.63. The van der Waals surface area contributed by atoms with Crippen molar-refractivity contribution in [2.75, 3.05) is 6.61 Å². The molecule has 1 aromatic carbocycles. The van der Waals surface area contributed by atoms with E-state index < -0.39 is 24.4 Å². The number of nitrogens with two attached hydrogens (primary N) is 1. The van der Waals surface area contributed by atoms with Gasteiger partial charge in [-0.15, -0.1) is 0 Å². The number of rotatable bonds is 6. The van der Waals surface area contributed by atoms with Crippen LogP contribution >= 0.6 is 58.0 Å². The first-order valence-corrected chi connectivity index (χ1v) is 8.59. The van der Waals surface area contributed by atoms with E-state index in [1.165, 1.54) is 0 Å². The molecule has 0 aliphatic rings. The zero-order chi connectivity index (χ0) is 18.6. The molecule has 0 fully saturated rings. The molecule has 0 aliphatic heterocycles. The second kappa shape index (κ2) is 9.32. The molecule has 0 aliphatic carbocycles. The monoisotopic (exact) mass is 435 g/mol. The van der Waals surface area contributed by atoms with Crippen LogP contribution in [0.2, 0.25) is 25.1 Å². The van der Waals surface area contributed by atoms with Crippen LogP contribution < -0.4 is 10.5 Å². The van der Waals surface area contributed by atoms with E-state index in [0.717, 1.165) is 0 Å². The van der Waals surface area contributed by atoms with Crippen LogP contribution in [0.5, 0.6) is 5.75 Å². The molecule has 0 bridgehead atoms. The zero-order valence-electron chi connectivity index (χ0n) is 12.7. The van der Waals surface area contributed by atoms with Crippen molar-refractivity contribution >= 4 is 69.9 Å². The molecule has 24 heavy (non-hydrogen) atoms. The van der Waals surface area contributed by atoms with E-state index in [-0.39, 0.29) is 43.4 Å². The summed E-state index contributed by atoms with van der Waals surface area (Å²) >= 11 is 29.5. The van der Waals surface area contributed by atoms with Gasteiger partial charge >= 0.3 is 11.9 Å². The van der Waals surface area contributed by atoms with E-state index in [9.17, 15) is 9.59 Å². The molecule has 1 aromatic rings. The van der Waals surface area contributed by atoms with Gasteiger partial charge in [-0.3, -0.25) is 9.59 Å². The lowest BCUT2D eigenvalue weighted by molar-refractivity contribution is -0.149. The number of carbonyl (C=O) groups is 2. The summed E-state index contributed by atoms with van der Waals surface area (Å²) in [6.07, 6.45) is -0.443. The van der Waals surface area contributed by atoms with E-state index in [4.69, 9.17) is 73.2 Å². The Morgan fingerprint density at radius 2 is 1.42 bits per heavy atom. The molecule has 2 N–H and O–H groups in total. The van der Waals surface area contributed by atoms with Gasteiger partial charge in [0.25, 0.3) is 0 Å². The summed E-state index contributed by atoms with van der Waals surface area (Å²) in [5.41, 5.74) is 5.60. The minimum absolute atomic E-state index is 0.0675. The third-order valence-corrected chi connectivity index (χ3v) is 4.88. The molecule has 5 nitrogen and oxygen atoms in total. The maximum atomic E-state index is 11.9. The fourth-order valence-corrected chi connectivity index (χ4v) is 2.65. The van der Waals surface area contributed by atoms with Gasteiger partial charge in [0.1, 0.15) is 16.1 Å². The SMILES string of the molecule is CC(C)COC(=O)[C@@H](N)CC(=O)Oc1c(Cl)c(Cl)c(Cl)c(Cl)c1Cl. The number of halogens is 5. The van der Waals surface area contributed by atoms with E-state index >= 15 is 0 Å². The molecule has 0 heterocycles. The number of ether oxygens (including phenoxy) is 2. The van der Waals surface area contributed by atoms with Crippen LogP contribution in [0.3, 0.4) is 0 Å². The van der Waals surface area contributed by atoms with Gasteiger partial charge in [-0.1, -0.05) is 71.9 Å². The van der Waals surface area contributed by atoms with E-state index in [2.05, 4.69) is 0 Å². The number of esters is 2. The van der Waals surface area contributed by atoms with Crippen LogP contribution in [0.15, 0.2) is 0 Å². The largest absolute Gasteiger partial charge is 0.464 e. The fraction of sp³-hybridized carbons (Fsp3) is 0.429. The lowest BCUT2D eigenvalue weighted by Crippen LogP contribution is -2.36. The van der Waals surface area contributed by atoms with Gasteiger partial charge in [0.15, 0.2) is 5.75 Å². The Hall–Kier alpha value is -0.430. The van der Waals surface area contributed by atoms with Crippen molar-refractivity contribution in [1.29, 1.82) is 0 Å². The molecule has 10 heteroatoms. The Labute approximate surface area is 164 Å². The highest BCUT2D eigenvalue weighted by atomic mass is 35.5. The summed E-state index contributed by atoms with van der Waals surface area (Å²) in [4.78, 5) is 23.6. The van der Waals surface area contributed by atoms with Crippen LogP contribution in [0.4, 0.5) is 0 Å². The summed E-state index contributed by atoms with van der Waals surface area (Å²) in [7, 11) is 0. The van der Waals surface area contributed by atoms with Gasteiger partial charge in [0.05, 0.1) is 28.1 Å². The van der Waals surface area contributed by atoms with Crippen LogP contribution in [0.25, 0.3) is 0 Å².